The normalized spacial score (nSPS) is 11.5. The second-order valence-corrected chi connectivity index (χ2v) is 5.17. The summed E-state index contributed by atoms with van der Waals surface area (Å²) < 4.78 is 5.17. The number of allylic oxidation sites excluding steroid dienone is 3. The number of hydrogen-bond donors (Lipinski definition) is 0. The first-order valence-corrected chi connectivity index (χ1v) is 6.36. The highest BCUT2D eigenvalue weighted by Crippen LogP contribution is 2.05. The van der Waals surface area contributed by atoms with Gasteiger partial charge in [-0.05, 0) is 45.1 Å². The average Bonchev–Trinajstić information content (AvgIpc) is 2.20. The van der Waals surface area contributed by atoms with Crippen LogP contribution in [-0.4, -0.2) is 12.6 Å². The van der Waals surface area contributed by atoms with E-state index < -0.39 is 0 Å². The van der Waals surface area contributed by atoms with Crippen molar-refractivity contribution in [3.8, 4) is 0 Å². The zero-order valence-corrected chi connectivity index (χ0v) is 11.9. The van der Waals surface area contributed by atoms with Crippen molar-refractivity contribution in [2.45, 2.75) is 53.9 Å². The molecule has 2 heteroatoms. The van der Waals surface area contributed by atoms with Crippen molar-refractivity contribution in [1.29, 1.82) is 0 Å². The molecule has 0 spiro atoms. The summed E-state index contributed by atoms with van der Waals surface area (Å²) in [6.45, 7) is 10.7. The fraction of sp³-hybridized carbons (Fsp3) is 0.667. The Labute approximate surface area is 106 Å². The van der Waals surface area contributed by atoms with Gasteiger partial charge < -0.3 is 4.74 Å². The largest absolute Gasteiger partial charge is 0.461 e. The van der Waals surface area contributed by atoms with Crippen molar-refractivity contribution in [2.75, 3.05) is 6.61 Å². The smallest absolute Gasteiger partial charge is 0.306 e. The summed E-state index contributed by atoms with van der Waals surface area (Å²) in [7, 11) is 0. The molecule has 0 saturated carbocycles. The van der Waals surface area contributed by atoms with E-state index in [1.165, 1.54) is 5.57 Å². The Kier molecular flexibility index (Phi) is 8.47. The Bertz CT molecular complexity index is 281. The number of unbranched alkanes of at least 4 members (excludes halogenated alkanes) is 1. The highest BCUT2D eigenvalue weighted by molar-refractivity contribution is 5.69. The molecule has 0 rings (SSSR count). The summed E-state index contributed by atoms with van der Waals surface area (Å²) in [6.07, 6.45) is 6.93. The highest BCUT2D eigenvalue weighted by atomic mass is 16.5. The van der Waals surface area contributed by atoms with Gasteiger partial charge in [-0.3, -0.25) is 4.79 Å². The van der Waals surface area contributed by atoms with E-state index in [0.29, 0.717) is 18.9 Å². The van der Waals surface area contributed by atoms with Gasteiger partial charge in [0.2, 0.25) is 0 Å². The fourth-order valence-corrected chi connectivity index (χ4v) is 1.35. The highest BCUT2D eigenvalue weighted by Gasteiger charge is 2.05. The fourth-order valence-electron chi connectivity index (χ4n) is 1.35. The van der Waals surface area contributed by atoms with E-state index in [-0.39, 0.29) is 5.97 Å². The van der Waals surface area contributed by atoms with Gasteiger partial charge in [0.1, 0.15) is 6.61 Å². The van der Waals surface area contributed by atoms with Gasteiger partial charge in [-0.25, -0.2) is 0 Å². The van der Waals surface area contributed by atoms with Crippen molar-refractivity contribution >= 4 is 5.97 Å². The van der Waals surface area contributed by atoms with Gasteiger partial charge in [-0.1, -0.05) is 31.6 Å². The molecule has 0 unspecified atom stereocenters. The van der Waals surface area contributed by atoms with Gasteiger partial charge in [-0.15, -0.1) is 0 Å². The molecular weight excluding hydrogens is 212 g/mol. The average molecular weight is 238 g/mol. The van der Waals surface area contributed by atoms with Gasteiger partial charge in [0.15, 0.2) is 0 Å². The van der Waals surface area contributed by atoms with Crippen LogP contribution >= 0.6 is 0 Å². The lowest BCUT2D eigenvalue weighted by atomic mass is 10.1. The SMILES string of the molecule is CC(C)=CCCC=C(C)COC(=O)CC(C)C. The third-order valence-corrected chi connectivity index (χ3v) is 2.25. The van der Waals surface area contributed by atoms with Crippen LogP contribution in [0.25, 0.3) is 0 Å². The van der Waals surface area contributed by atoms with Crippen LogP contribution in [0.2, 0.25) is 0 Å². The minimum absolute atomic E-state index is 0.1000. The number of hydrogen-bond acceptors (Lipinski definition) is 2. The minimum Gasteiger partial charge on any atom is -0.461 e. The summed E-state index contributed by atoms with van der Waals surface area (Å²) in [6, 6.07) is 0. The second-order valence-electron chi connectivity index (χ2n) is 5.17. The van der Waals surface area contributed by atoms with Crippen LogP contribution in [0.5, 0.6) is 0 Å². The van der Waals surface area contributed by atoms with E-state index in [4.69, 9.17) is 4.74 Å². The molecule has 2 nitrogen and oxygen atoms in total. The quantitative estimate of drug-likeness (QED) is 0.376. The molecular formula is C15H26O2. The Morgan fingerprint density at radius 3 is 2.24 bits per heavy atom. The van der Waals surface area contributed by atoms with Gasteiger partial charge in [0.25, 0.3) is 0 Å². The number of ether oxygens (including phenoxy) is 1. The predicted octanol–water partition coefficient (Wildman–Crippen LogP) is 4.27. The van der Waals surface area contributed by atoms with E-state index in [0.717, 1.165) is 18.4 Å². The van der Waals surface area contributed by atoms with E-state index in [1.54, 1.807) is 0 Å². The molecule has 0 saturated heterocycles. The Balaban J connectivity index is 3.77. The zero-order valence-electron chi connectivity index (χ0n) is 11.9. The molecule has 0 aromatic carbocycles. The molecule has 0 atom stereocenters. The molecule has 0 N–H and O–H groups in total. The van der Waals surface area contributed by atoms with Crippen LogP contribution in [0.3, 0.4) is 0 Å². The molecule has 0 radical (unpaired) electrons. The van der Waals surface area contributed by atoms with Crippen LogP contribution in [0.1, 0.15) is 53.9 Å². The topological polar surface area (TPSA) is 26.3 Å². The maximum absolute atomic E-state index is 11.3. The Morgan fingerprint density at radius 1 is 1.12 bits per heavy atom. The molecule has 17 heavy (non-hydrogen) atoms. The van der Waals surface area contributed by atoms with Gasteiger partial charge in [0, 0.05) is 6.42 Å². The van der Waals surface area contributed by atoms with Gasteiger partial charge >= 0.3 is 5.97 Å². The molecule has 0 aromatic heterocycles. The van der Waals surface area contributed by atoms with Crippen molar-refractivity contribution < 1.29 is 9.53 Å². The number of esters is 1. The van der Waals surface area contributed by atoms with Crippen LogP contribution in [0.4, 0.5) is 0 Å². The van der Waals surface area contributed by atoms with E-state index in [9.17, 15) is 4.79 Å². The zero-order chi connectivity index (χ0) is 13.3. The monoisotopic (exact) mass is 238 g/mol. The standard InChI is InChI=1S/C15H26O2/c1-12(2)8-6-7-9-14(5)11-17-15(16)10-13(3)4/h8-9,13H,6-7,10-11H2,1-5H3. The first-order chi connectivity index (χ1) is 7.91. The first kappa shape index (κ1) is 16.0. The molecule has 0 aliphatic heterocycles. The van der Waals surface area contributed by atoms with Crippen molar-refractivity contribution in [1.82, 2.24) is 0 Å². The third kappa shape index (κ3) is 11.2. The molecule has 0 amide bonds. The summed E-state index contributed by atoms with van der Waals surface area (Å²) in [5.41, 5.74) is 2.48. The van der Waals surface area contributed by atoms with Crippen LogP contribution in [-0.2, 0) is 9.53 Å². The molecule has 0 aliphatic carbocycles. The van der Waals surface area contributed by atoms with Gasteiger partial charge in [0.05, 0.1) is 0 Å². The molecule has 0 aliphatic rings. The number of rotatable bonds is 7. The van der Waals surface area contributed by atoms with E-state index in [1.807, 2.05) is 20.8 Å². The van der Waals surface area contributed by atoms with Crippen molar-refractivity contribution in [3.05, 3.63) is 23.3 Å². The minimum atomic E-state index is -0.1000. The molecule has 0 fully saturated rings. The summed E-state index contributed by atoms with van der Waals surface area (Å²) in [4.78, 5) is 11.3. The van der Waals surface area contributed by atoms with E-state index in [2.05, 4.69) is 26.0 Å². The van der Waals surface area contributed by atoms with Crippen molar-refractivity contribution in [3.63, 3.8) is 0 Å². The lowest BCUT2D eigenvalue weighted by molar-refractivity contribution is -0.143. The van der Waals surface area contributed by atoms with Gasteiger partial charge in [-0.2, -0.15) is 0 Å². The Hall–Kier alpha value is -1.05. The molecule has 0 bridgehead atoms. The summed E-state index contributed by atoms with van der Waals surface area (Å²) >= 11 is 0. The predicted molar refractivity (Wildman–Crippen MR) is 72.8 cm³/mol. The van der Waals surface area contributed by atoms with Crippen LogP contribution in [0, 0.1) is 5.92 Å². The molecule has 98 valence electrons. The first-order valence-electron chi connectivity index (χ1n) is 6.36. The summed E-state index contributed by atoms with van der Waals surface area (Å²) in [5.74, 6) is 0.265. The Morgan fingerprint density at radius 2 is 1.71 bits per heavy atom. The summed E-state index contributed by atoms with van der Waals surface area (Å²) in [5, 5.41) is 0. The number of carbonyl (C=O) groups excluding carboxylic acids is 1. The lowest BCUT2D eigenvalue weighted by Crippen LogP contribution is -2.09. The van der Waals surface area contributed by atoms with Crippen molar-refractivity contribution in [2.24, 2.45) is 5.92 Å². The molecule has 0 heterocycles. The maximum atomic E-state index is 11.3. The lowest BCUT2D eigenvalue weighted by Gasteiger charge is -2.06. The molecule has 0 aromatic rings. The van der Waals surface area contributed by atoms with Crippen LogP contribution in [0.15, 0.2) is 23.3 Å². The third-order valence-electron chi connectivity index (χ3n) is 2.25. The second kappa shape index (κ2) is 9.03. The maximum Gasteiger partial charge on any atom is 0.306 e. The number of carbonyl (C=O) groups is 1. The van der Waals surface area contributed by atoms with E-state index >= 15 is 0 Å². The van der Waals surface area contributed by atoms with Crippen LogP contribution < -0.4 is 0 Å².